The topological polar surface area (TPSA) is 23.9 Å². The summed E-state index contributed by atoms with van der Waals surface area (Å²) in [6.45, 7) is 13.0. The second-order valence-corrected chi connectivity index (χ2v) is 5.15. The molecule has 1 aromatic carbocycles. The third-order valence-corrected chi connectivity index (χ3v) is 2.34. The maximum Gasteiger partial charge on any atom is 0.0484 e. The van der Waals surface area contributed by atoms with Crippen molar-refractivity contribution in [3.05, 3.63) is 64.6 Å². The summed E-state index contributed by atoms with van der Waals surface area (Å²) in [5.74, 6) is 0. The molecule has 0 radical (unpaired) electrons. The van der Waals surface area contributed by atoms with Crippen molar-refractivity contribution in [2.75, 3.05) is 0 Å². The van der Waals surface area contributed by atoms with Crippen LogP contribution < -0.4 is 0 Å². The Morgan fingerprint density at radius 1 is 1.19 bits per heavy atom. The monoisotopic (exact) mass is 323 g/mol. The van der Waals surface area contributed by atoms with Gasteiger partial charge in [0.2, 0.25) is 0 Å². The Morgan fingerprint density at radius 3 is 2.05 bits per heavy atom. The Hall–Kier alpha value is -1.25. The van der Waals surface area contributed by atoms with E-state index >= 15 is 0 Å². The van der Waals surface area contributed by atoms with Crippen LogP contribution in [-0.4, -0.2) is 5.71 Å². The van der Waals surface area contributed by atoms with Gasteiger partial charge in [0, 0.05) is 10.7 Å². The predicted octanol–water partition coefficient (Wildman–Crippen LogP) is 6.82. The Labute approximate surface area is 140 Å². The SMILES string of the molecule is C/C=C(\C=C/C(C)=N)c1ccccc1Cl.C=C(C)S.CC. The highest BCUT2D eigenvalue weighted by atomic mass is 35.5. The maximum atomic E-state index is 7.33. The van der Waals surface area contributed by atoms with Crippen molar-refractivity contribution in [2.45, 2.75) is 34.6 Å². The van der Waals surface area contributed by atoms with Gasteiger partial charge < -0.3 is 5.41 Å². The first-order valence-corrected chi connectivity index (χ1v) is 7.70. The van der Waals surface area contributed by atoms with Crippen LogP contribution in [-0.2, 0) is 0 Å². The van der Waals surface area contributed by atoms with Crippen molar-refractivity contribution >= 4 is 35.5 Å². The molecule has 0 amide bonds. The summed E-state index contributed by atoms with van der Waals surface area (Å²) in [6, 6.07) is 7.70. The van der Waals surface area contributed by atoms with Gasteiger partial charge in [0.15, 0.2) is 0 Å². The third kappa shape index (κ3) is 12.2. The summed E-state index contributed by atoms with van der Waals surface area (Å²) in [4.78, 5) is 0.861. The van der Waals surface area contributed by atoms with E-state index in [4.69, 9.17) is 17.0 Å². The quantitative estimate of drug-likeness (QED) is 0.346. The number of hydrogen-bond acceptors (Lipinski definition) is 2. The average molecular weight is 324 g/mol. The lowest BCUT2D eigenvalue weighted by atomic mass is 10.0. The molecule has 0 heterocycles. The molecule has 0 saturated heterocycles. The van der Waals surface area contributed by atoms with Gasteiger partial charge in [-0.3, -0.25) is 0 Å². The molecule has 0 aliphatic heterocycles. The van der Waals surface area contributed by atoms with Gasteiger partial charge >= 0.3 is 0 Å². The van der Waals surface area contributed by atoms with E-state index in [1.807, 2.05) is 64.1 Å². The normalized spacial score (nSPS) is 10.1. The molecular weight excluding hydrogens is 298 g/mol. The van der Waals surface area contributed by atoms with Gasteiger partial charge in [0.25, 0.3) is 0 Å². The van der Waals surface area contributed by atoms with Gasteiger partial charge in [0.05, 0.1) is 0 Å². The first-order chi connectivity index (χ1) is 9.88. The number of thiol groups is 1. The highest BCUT2D eigenvalue weighted by Gasteiger charge is 2.01. The second-order valence-electron chi connectivity index (χ2n) is 3.98. The maximum absolute atomic E-state index is 7.33. The molecule has 1 rings (SSSR count). The number of rotatable bonds is 3. The van der Waals surface area contributed by atoms with Crippen LogP contribution in [0.1, 0.15) is 40.2 Å². The Balaban J connectivity index is 0. The van der Waals surface area contributed by atoms with E-state index in [0.29, 0.717) is 5.71 Å². The van der Waals surface area contributed by atoms with Crippen LogP contribution in [0.4, 0.5) is 0 Å². The van der Waals surface area contributed by atoms with E-state index in [0.717, 1.165) is 21.1 Å². The molecule has 0 aliphatic rings. The molecule has 0 aromatic heterocycles. The first kappa shape index (κ1) is 22.0. The van der Waals surface area contributed by atoms with E-state index in [1.165, 1.54) is 0 Å². The van der Waals surface area contributed by atoms with Crippen molar-refractivity contribution in [3.63, 3.8) is 0 Å². The minimum Gasteiger partial charge on any atom is -0.306 e. The molecule has 21 heavy (non-hydrogen) atoms. The molecule has 0 spiro atoms. The molecule has 1 nitrogen and oxygen atoms in total. The van der Waals surface area contributed by atoms with Crippen LogP contribution in [0.5, 0.6) is 0 Å². The summed E-state index contributed by atoms with van der Waals surface area (Å²) in [6.07, 6.45) is 5.66. The van der Waals surface area contributed by atoms with Crippen LogP contribution in [0, 0.1) is 5.41 Å². The van der Waals surface area contributed by atoms with Crippen molar-refractivity contribution in [1.82, 2.24) is 0 Å². The van der Waals surface area contributed by atoms with E-state index in [1.54, 1.807) is 13.0 Å². The van der Waals surface area contributed by atoms with Gasteiger partial charge in [-0.1, -0.05) is 62.4 Å². The molecule has 1 N–H and O–H groups in total. The van der Waals surface area contributed by atoms with Crippen LogP contribution in [0.15, 0.2) is 54.0 Å². The minimum atomic E-state index is 0.529. The van der Waals surface area contributed by atoms with Gasteiger partial charge in [-0.15, -0.1) is 12.6 Å². The van der Waals surface area contributed by atoms with E-state index in [-0.39, 0.29) is 0 Å². The summed E-state index contributed by atoms with van der Waals surface area (Å²) in [5.41, 5.74) is 2.56. The highest BCUT2D eigenvalue weighted by Crippen LogP contribution is 2.24. The minimum absolute atomic E-state index is 0.529. The van der Waals surface area contributed by atoms with Crippen molar-refractivity contribution < 1.29 is 0 Å². The lowest BCUT2D eigenvalue weighted by molar-refractivity contribution is 1.50. The fourth-order valence-corrected chi connectivity index (χ4v) is 1.50. The summed E-state index contributed by atoms with van der Waals surface area (Å²) in [5, 5.41) is 8.07. The number of halogens is 1. The first-order valence-electron chi connectivity index (χ1n) is 6.87. The van der Waals surface area contributed by atoms with Gasteiger partial charge in [0.1, 0.15) is 0 Å². The molecule has 0 bridgehead atoms. The van der Waals surface area contributed by atoms with Crippen molar-refractivity contribution in [1.29, 1.82) is 5.41 Å². The second kappa shape index (κ2) is 13.7. The summed E-state index contributed by atoms with van der Waals surface area (Å²) in [7, 11) is 0. The van der Waals surface area contributed by atoms with Gasteiger partial charge in [-0.05, 0) is 49.0 Å². The molecule has 3 heteroatoms. The van der Waals surface area contributed by atoms with Gasteiger partial charge in [-0.25, -0.2) is 0 Å². The van der Waals surface area contributed by atoms with Gasteiger partial charge in [-0.2, -0.15) is 0 Å². The zero-order valence-electron chi connectivity index (χ0n) is 13.6. The van der Waals surface area contributed by atoms with Crippen LogP contribution in [0.3, 0.4) is 0 Å². The Kier molecular flexibility index (Phi) is 14.4. The standard InChI is InChI=1S/C13H14ClN.C3H6S.C2H6/c1-3-11(9-8-10(2)15)12-6-4-5-7-13(12)14;1-3(2)4;1-2/h3-9,15H,1-2H3;4H,1H2,2H3;1-2H3/b9-8-,11-3+,15-10?;;. The number of hydrogen-bond donors (Lipinski definition) is 2. The smallest absolute Gasteiger partial charge is 0.0484 e. The van der Waals surface area contributed by atoms with E-state index in [9.17, 15) is 0 Å². The lowest BCUT2D eigenvalue weighted by Gasteiger charge is -2.04. The van der Waals surface area contributed by atoms with E-state index in [2.05, 4.69) is 19.2 Å². The fourth-order valence-electron chi connectivity index (χ4n) is 1.25. The highest BCUT2D eigenvalue weighted by molar-refractivity contribution is 7.84. The number of allylic oxidation sites excluding steroid dienone is 5. The van der Waals surface area contributed by atoms with Crippen LogP contribution in [0.2, 0.25) is 5.02 Å². The zero-order valence-corrected chi connectivity index (χ0v) is 15.2. The van der Waals surface area contributed by atoms with Crippen LogP contribution >= 0.6 is 24.2 Å². The average Bonchev–Trinajstić information content (AvgIpc) is 2.42. The summed E-state index contributed by atoms with van der Waals surface area (Å²) < 4.78 is 0. The lowest BCUT2D eigenvalue weighted by Crippen LogP contribution is -1.84. The third-order valence-electron chi connectivity index (χ3n) is 2.01. The molecule has 1 aromatic rings. The van der Waals surface area contributed by atoms with Crippen molar-refractivity contribution in [3.8, 4) is 0 Å². The molecule has 0 atom stereocenters. The fraction of sp³-hybridized carbons (Fsp3) is 0.278. The number of benzene rings is 1. The summed E-state index contributed by atoms with van der Waals surface area (Å²) >= 11 is 9.86. The molecule has 0 aliphatic carbocycles. The molecule has 0 saturated carbocycles. The molecule has 0 unspecified atom stereocenters. The van der Waals surface area contributed by atoms with E-state index < -0.39 is 0 Å². The Bertz CT molecular complexity index is 498. The number of nitrogens with one attached hydrogen (secondary N) is 1. The Morgan fingerprint density at radius 2 is 1.67 bits per heavy atom. The molecule has 0 fully saturated rings. The van der Waals surface area contributed by atoms with Crippen molar-refractivity contribution in [2.24, 2.45) is 0 Å². The zero-order chi connectivity index (χ0) is 16.8. The molecule has 116 valence electrons. The largest absolute Gasteiger partial charge is 0.306 e. The molecular formula is C18H26ClNS. The predicted molar refractivity (Wildman–Crippen MR) is 103 cm³/mol. The van der Waals surface area contributed by atoms with Crippen LogP contribution in [0.25, 0.3) is 5.57 Å².